The van der Waals surface area contributed by atoms with Crippen LogP contribution in [0.2, 0.25) is 10.0 Å². The van der Waals surface area contributed by atoms with Gasteiger partial charge in [-0.1, -0.05) is 41.4 Å². The van der Waals surface area contributed by atoms with E-state index >= 15 is 0 Å². The molecule has 0 fully saturated rings. The van der Waals surface area contributed by atoms with E-state index in [0.717, 1.165) is 12.1 Å². The number of nitrogens with zero attached hydrogens (tertiary/aromatic N) is 1. The smallest absolute Gasteiger partial charge is 0.176 e. The van der Waals surface area contributed by atoms with Crippen LogP contribution in [0, 0.1) is 0 Å². The van der Waals surface area contributed by atoms with E-state index < -0.39 is 0 Å². The topological polar surface area (TPSA) is 3.88 Å². The maximum atomic E-state index is 6.20. The Bertz CT molecular complexity index is 738. The van der Waals surface area contributed by atoms with Crippen molar-refractivity contribution in [1.29, 1.82) is 0 Å². The zero-order chi connectivity index (χ0) is 13.2. The maximum Gasteiger partial charge on any atom is 0.176 e. The van der Waals surface area contributed by atoms with Gasteiger partial charge in [0.15, 0.2) is 18.9 Å². The summed E-state index contributed by atoms with van der Waals surface area (Å²) in [6.45, 7) is 0.737. The quantitative estimate of drug-likeness (QED) is 0.612. The fourth-order valence-electron chi connectivity index (χ4n) is 2.12. The molecule has 3 rings (SSSR count). The van der Waals surface area contributed by atoms with E-state index in [-0.39, 0.29) is 0 Å². The van der Waals surface area contributed by atoms with Crippen LogP contribution in [0.4, 0.5) is 0 Å². The van der Waals surface area contributed by atoms with E-state index in [4.69, 9.17) is 23.2 Å². The first kappa shape index (κ1) is 12.5. The Morgan fingerprint density at radius 1 is 0.895 bits per heavy atom. The fourth-order valence-corrected chi connectivity index (χ4v) is 2.59. The van der Waals surface area contributed by atoms with Crippen molar-refractivity contribution >= 4 is 34.0 Å². The molecule has 0 bridgehead atoms. The molecule has 0 radical (unpaired) electrons. The van der Waals surface area contributed by atoms with Gasteiger partial charge in [-0.3, -0.25) is 0 Å². The number of benzene rings is 2. The molecule has 3 aromatic rings. The summed E-state index contributed by atoms with van der Waals surface area (Å²) in [4.78, 5) is 0. The molecule has 0 aliphatic rings. The molecule has 2 aromatic carbocycles. The summed E-state index contributed by atoms with van der Waals surface area (Å²) in [6, 6.07) is 16.0. The second-order valence-electron chi connectivity index (χ2n) is 4.48. The molecule has 0 unspecified atom stereocenters. The lowest BCUT2D eigenvalue weighted by molar-refractivity contribution is -0.687. The number of aromatic nitrogens is 1. The standard InChI is InChI=1S/C16H12Cl2N/c17-15-6-5-14(16(18)9-15)11-19-8-7-12-3-1-2-4-13(12)10-19/h1-10H,11H2/q+1. The van der Waals surface area contributed by atoms with Crippen molar-refractivity contribution < 1.29 is 4.57 Å². The second-order valence-corrected chi connectivity index (χ2v) is 5.33. The predicted molar refractivity (Wildman–Crippen MR) is 79.7 cm³/mol. The van der Waals surface area contributed by atoms with Crippen molar-refractivity contribution in [2.24, 2.45) is 0 Å². The first-order chi connectivity index (χ1) is 9.22. The van der Waals surface area contributed by atoms with Crippen LogP contribution in [0.1, 0.15) is 5.56 Å². The number of halogens is 2. The van der Waals surface area contributed by atoms with Crippen molar-refractivity contribution in [2.45, 2.75) is 6.54 Å². The molecule has 94 valence electrons. The van der Waals surface area contributed by atoms with Gasteiger partial charge in [0, 0.05) is 22.0 Å². The Kier molecular flexibility index (Phi) is 3.41. The summed E-state index contributed by atoms with van der Waals surface area (Å²) in [6.07, 6.45) is 4.19. The number of rotatable bonds is 2. The molecule has 1 heterocycles. The molecule has 19 heavy (non-hydrogen) atoms. The van der Waals surface area contributed by atoms with Crippen molar-refractivity contribution in [2.75, 3.05) is 0 Å². The second kappa shape index (κ2) is 5.20. The highest BCUT2D eigenvalue weighted by molar-refractivity contribution is 6.35. The van der Waals surface area contributed by atoms with Crippen LogP contribution in [-0.4, -0.2) is 0 Å². The first-order valence-corrected chi connectivity index (χ1v) is 6.80. The molecule has 0 amide bonds. The van der Waals surface area contributed by atoms with E-state index in [1.54, 1.807) is 6.07 Å². The first-order valence-electron chi connectivity index (χ1n) is 6.04. The summed E-state index contributed by atoms with van der Waals surface area (Å²) in [7, 11) is 0. The van der Waals surface area contributed by atoms with E-state index in [9.17, 15) is 0 Å². The third kappa shape index (κ3) is 2.73. The van der Waals surface area contributed by atoms with Gasteiger partial charge in [-0.05, 0) is 29.7 Å². The molecule has 0 spiro atoms. The van der Waals surface area contributed by atoms with Gasteiger partial charge in [-0.2, -0.15) is 0 Å². The Labute approximate surface area is 122 Å². The summed E-state index contributed by atoms with van der Waals surface area (Å²) < 4.78 is 2.12. The molecule has 0 N–H and O–H groups in total. The van der Waals surface area contributed by atoms with E-state index in [1.807, 2.05) is 24.3 Å². The summed E-state index contributed by atoms with van der Waals surface area (Å²) in [5, 5.41) is 3.82. The lowest BCUT2D eigenvalue weighted by Crippen LogP contribution is -2.33. The number of fused-ring (bicyclic) bond motifs is 1. The van der Waals surface area contributed by atoms with Gasteiger partial charge in [0.05, 0.1) is 5.02 Å². The number of hydrogen-bond donors (Lipinski definition) is 0. The molecule has 0 saturated carbocycles. The summed E-state index contributed by atoms with van der Waals surface area (Å²) in [5.41, 5.74) is 1.06. The minimum absolute atomic E-state index is 0.664. The molecule has 1 nitrogen and oxygen atoms in total. The van der Waals surface area contributed by atoms with Gasteiger partial charge < -0.3 is 0 Å². The van der Waals surface area contributed by atoms with Gasteiger partial charge in [-0.15, -0.1) is 0 Å². The lowest BCUT2D eigenvalue weighted by Gasteiger charge is -2.02. The fraction of sp³-hybridized carbons (Fsp3) is 0.0625. The van der Waals surface area contributed by atoms with Gasteiger partial charge >= 0.3 is 0 Å². The maximum absolute atomic E-state index is 6.20. The third-order valence-electron chi connectivity index (χ3n) is 3.11. The number of hydrogen-bond acceptors (Lipinski definition) is 0. The Morgan fingerprint density at radius 3 is 2.47 bits per heavy atom. The van der Waals surface area contributed by atoms with Gasteiger partial charge in [-0.25, -0.2) is 4.57 Å². The molecule has 0 aliphatic carbocycles. The lowest BCUT2D eigenvalue weighted by atomic mass is 10.1. The zero-order valence-electron chi connectivity index (χ0n) is 10.2. The highest BCUT2D eigenvalue weighted by Crippen LogP contribution is 2.20. The van der Waals surface area contributed by atoms with Crippen LogP contribution in [0.25, 0.3) is 10.8 Å². The van der Waals surface area contributed by atoms with Crippen LogP contribution in [0.15, 0.2) is 60.9 Å². The largest absolute Gasteiger partial charge is 0.200 e. The van der Waals surface area contributed by atoms with Crippen molar-refractivity contribution in [3.63, 3.8) is 0 Å². The summed E-state index contributed by atoms with van der Waals surface area (Å²) in [5.74, 6) is 0. The molecule has 1 aromatic heterocycles. The SMILES string of the molecule is Clc1ccc(C[n+]2ccc3ccccc3c2)c(Cl)c1. The minimum Gasteiger partial charge on any atom is -0.200 e. The Hall–Kier alpha value is -1.57. The van der Waals surface area contributed by atoms with Gasteiger partial charge in [0.2, 0.25) is 0 Å². The average molecular weight is 289 g/mol. The molecule has 3 heteroatoms. The van der Waals surface area contributed by atoms with Crippen LogP contribution in [0.5, 0.6) is 0 Å². The minimum atomic E-state index is 0.664. The van der Waals surface area contributed by atoms with Crippen LogP contribution in [-0.2, 0) is 6.54 Å². The Balaban J connectivity index is 1.96. The molecular formula is C16H12Cl2N+. The summed E-state index contributed by atoms with van der Waals surface area (Å²) >= 11 is 12.1. The average Bonchev–Trinajstić information content (AvgIpc) is 2.42. The normalized spacial score (nSPS) is 10.8. The van der Waals surface area contributed by atoms with Crippen LogP contribution < -0.4 is 4.57 Å². The predicted octanol–water partition coefficient (Wildman–Crippen LogP) is 4.48. The Morgan fingerprint density at radius 2 is 1.68 bits per heavy atom. The molecule has 0 saturated heterocycles. The zero-order valence-corrected chi connectivity index (χ0v) is 11.7. The highest BCUT2D eigenvalue weighted by atomic mass is 35.5. The van der Waals surface area contributed by atoms with E-state index in [2.05, 4.69) is 35.2 Å². The highest BCUT2D eigenvalue weighted by Gasteiger charge is 2.08. The van der Waals surface area contributed by atoms with Crippen molar-refractivity contribution in [1.82, 2.24) is 0 Å². The molecule has 0 aliphatic heterocycles. The van der Waals surface area contributed by atoms with E-state index in [0.29, 0.717) is 10.0 Å². The van der Waals surface area contributed by atoms with Gasteiger partial charge in [0.25, 0.3) is 0 Å². The van der Waals surface area contributed by atoms with E-state index in [1.165, 1.54) is 10.8 Å². The third-order valence-corrected chi connectivity index (χ3v) is 3.70. The van der Waals surface area contributed by atoms with Crippen LogP contribution in [0.3, 0.4) is 0 Å². The van der Waals surface area contributed by atoms with Crippen LogP contribution >= 0.6 is 23.2 Å². The number of pyridine rings is 1. The molecule has 0 atom stereocenters. The van der Waals surface area contributed by atoms with Crippen molar-refractivity contribution in [3.05, 3.63) is 76.5 Å². The molecular weight excluding hydrogens is 277 g/mol. The monoisotopic (exact) mass is 288 g/mol. The van der Waals surface area contributed by atoms with Crippen molar-refractivity contribution in [3.8, 4) is 0 Å². The van der Waals surface area contributed by atoms with Gasteiger partial charge in [0.1, 0.15) is 0 Å².